The first-order chi connectivity index (χ1) is 15.1. The molecule has 1 aromatic carbocycles. The fraction of sp³-hybridized carbons (Fsp3) is 0.227. The minimum Gasteiger partial charge on any atom is -0.323 e. The van der Waals surface area contributed by atoms with E-state index in [0.29, 0.717) is 12.1 Å². The predicted molar refractivity (Wildman–Crippen MR) is 123 cm³/mol. The Kier molecular flexibility index (Phi) is 3.94. The standard InChI is InChI=1S/C22H19N7OS/c1-27-19-16(20-21(27)26-18(31-20)9-15-4-3-7-23-15)11-25-29(22(19)30)12-13-5-6-17-14(8-13)10-24-28(17)2/h3-6,8,10-11H,7,9,12H2,1-2H3. The van der Waals surface area contributed by atoms with E-state index in [1.54, 1.807) is 17.5 Å². The summed E-state index contributed by atoms with van der Waals surface area (Å²) in [4.78, 5) is 22.5. The van der Waals surface area contributed by atoms with Gasteiger partial charge in [0.15, 0.2) is 5.65 Å². The largest absolute Gasteiger partial charge is 0.323 e. The zero-order chi connectivity index (χ0) is 21.1. The average molecular weight is 430 g/mol. The van der Waals surface area contributed by atoms with Crippen LogP contribution in [-0.2, 0) is 27.1 Å². The Labute approximate surface area is 180 Å². The van der Waals surface area contributed by atoms with E-state index in [0.717, 1.165) is 55.9 Å². The number of hydrogen-bond donors (Lipinski definition) is 0. The molecule has 0 fully saturated rings. The molecule has 9 heteroatoms. The maximum absolute atomic E-state index is 13.3. The van der Waals surface area contributed by atoms with Gasteiger partial charge in [-0.25, -0.2) is 9.67 Å². The number of fused-ring (bicyclic) bond motifs is 4. The Balaban J connectivity index is 1.40. The van der Waals surface area contributed by atoms with Crippen LogP contribution < -0.4 is 5.56 Å². The Morgan fingerprint density at radius 3 is 2.90 bits per heavy atom. The van der Waals surface area contributed by atoms with E-state index in [1.807, 2.05) is 47.7 Å². The second kappa shape index (κ2) is 6.71. The van der Waals surface area contributed by atoms with Crippen molar-refractivity contribution in [1.29, 1.82) is 0 Å². The van der Waals surface area contributed by atoms with Crippen LogP contribution in [0.15, 0.2) is 52.5 Å². The van der Waals surface area contributed by atoms with Crippen molar-refractivity contribution in [2.45, 2.75) is 13.0 Å². The molecule has 4 aromatic heterocycles. The number of aryl methyl sites for hydroxylation is 2. The lowest BCUT2D eigenvalue weighted by Gasteiger charge is -2.06. The molecular formula is C22H19N7OS. The first-order valence-electron chi connectivity index (χ1n) is 10.0. The molecule has 0 saturated carbocycles. The van der Waals surface area contributed by atoms with E-state index in [9.17, 15) is 4.79 Å². The van der Waals surface area contributed by atoms with E-state index in [1.165, 1.54) is 4.68 Å². The van der Waals surface area contributed by atoms with Gasteiger partial charge in [-0.1, -0.05) is 12.1 Å². The Morgan fingerprint density at radius 2 is 2.06 bits per heavy atom. The number of rotatable bonds is 4. The van der Waals surface area contributed by atoms with Crippen LogP contribution in [0.2, 0.25) is 0 Å². The van der Waals surface area contributed by atoms with Gasteiger partial charge in [0.1, 0.15) is 10.5 Å². The van der Waals surface area contributed by atoms with Crippen molar-refractivity contribution in [2.24, 2.45) is 19.1 Å². The summed E-state index contributed by atoms with van der Waals surface area (Å²) in [6.07, 6.45) is 8.44. The highest BCUT2D eigenvalue weighted by atomic mass is 32.1. The summed E-state index contributed by atoms with van der Waals surface area (Å²) in [5, 5.41) is 11.7. The fourth-order valence-electron chi connectivity index (χ4n) is 4.19. The van der Waals surface area contributed by atoms with Gasteiger partial charge in [-0.05, 0) is 23.8 Å². The van der Waals surface area contributed by atoms with Gasteiger partial charge >= 0.3 is 0 Å². The maximum Gasteiger partial charge on any atom is 0.291 e. The summed E-state index contributed by atoms with van der Waals surface area (Å²) in [5.41, 5.74) is 4.47. The molecule has 0 N–H and O–H groups in total. The predicted octanol–water partition coefficient (Wildman–Crippen LogP) is 2.83. The molecule has 0 amide bonds. The molecule has 0 unspecified atom stereocenters. The van der Waals surface area contributed by atoms with Crippen molar-refractivity contribution in [3.63, 3.8) is 0 Å². The molecule has 0 atom stereocenters. The monoisotopic (exact) mass is 429 g/mol. The lowest BCUT2D eigenvalue weighted by atomic mass is 10.1. The van der Waals surface area contributed by atoms with Gasteiger partial charge in [0.2, 0.25) is 0 Å². The molecule has 0 radical (unpaired) electrons. The van der Waals surface area contributed by atoms with E-state index >= 15 is 0 Å². The summed E-state index contributed by atoms with van der Waals surface area (Å²) in [7, 11) is 3.81. The molecule has 0 aliphatic carbocycles. The molecule has 5 aromatic rings. The van der Waals surface area contributed by atoms with Crippen LogP contribution in [0.25, 0.3) is 32.2 Å². The molecule has 5 heterocycles. The molecule has 0 saturated heterocycles. The van der Waals surface area contributed by atoms with Gasteiger partial charge < -0.3 is 4.57 Å². The topological polar surface area (TPSA) is 82.9 Å². The summed E-state index contributed by atoms with van der Waals surface area (Å²) < 4.78 is 6.25. The summed E-state index contributed by atoms with van der Waals surface area (Å²) in [6, 6.07) is 6.09. The minimum atomic E-state index is -0.110. The molecule has 8 nitrogen and oxygen atoms in total. The van der Waals surface area contributed by atoms with Crippen molar-refractivity contribution in [1.82, 2.24) is 29.1 Å². The normalized spacial score (nSPS) is 13.8. The summed E-state index contributed by atoms with van der Waals surface area (Å²) in [5.74, 6) is 0. The Hall–Kier alpha value is -3.59. The number of benzene rings is 1. The number of allylic oxidation sites excluding steroid dienone is 1. The van der Waals surface area contributed by atoms with E-state index in [-0.39, 0.29) is 5.56 Å². The number of aromatic nitrogens is 6. The molecule has 0 bridgehead atoms. The molecule has 154 valence electrons. The Bertz CT molecular complexity index is 1610. The van der Waals surface area contributed by atoms with E-state index in [4.69, 9.17) is 4.98 Å². The first-order valence-corrected chi connectivity index (χ1v) is 10.8. The second-order valence-electron chi connectivity index (χ2n) is 7.76. The highest BCUT2D eigenvalue weighted by Crippen LogP contribution is 2.31. The van der Waals surface area contributed by atoms with Crippen LogP contribution in [0.4, 0.5) is 0 Å². The van der Waals surface area contributed by atoms with Crippen molar-refractivity contribution in [2.75, 3.05) is 6.54 Å². The third-order valence-corrected chi connectivity index (χ3v) is 6.83. The van der Waals surface area contributed by atoms with Crippen LogP contribution in [0, 0.1) is 0 Å². The number of thiazole rings is 1. The molecule has 6 rings (SSSR count). The first kappa shape index (κ1) is 18.2. The third-order valence-electron chi connectivity index (χ3n) is 5.75. The quantitative estimate of drug-likeness (QED) is 0.440. The fourth-order valence-corrected chi connectivity index (χ4v) is 5.31. The van der Waals surface area contributed by atoms with Crippen LogP contribution in [-0.4, -0.2) is 41.4 Å². The van der Waals surface area contributed by atoms with Gasteiger partial charge in [0, 0.05) is 37.0 Å². The maximum atomic E-state index is 13.3. The number of aliphatic imine (C=N–C) groups is 1. The SMILES string of the molecule is Cn1ncc2cc(Cn3ncc4c5sc(CC6=NCC=C6)nc5n(C)c4c3=O)ccc21. The molecule has 0 spiro atoms. The van der Waals surface area contributed by atoms with Crippen LogP contribution in [0.5, 0.6) is 0 Å². The zero-order valence-corrected chi connectivity index (χ0v) is 17.9. The molecule has 1 aliphatic rings. The number of nitrogens with zero attached hydrogens (tertiary/aromatic N) is 7. The second-order valence-corrected chi connectivity index (χ2v) is 8.85. The highest BCUT2D eigenvalue weighted by molar-refractivity contribution is 7.19. The molecule has 31 heavy (non-hydrogen) atoms. The van der Waals surface area contributed by atoms with Gasteiger partial charge in [0.05, 0.1) is 35.7 Å². The zero-order valence-electron chi connectivity index (χ0n) is 17.1. The van der Waals surface area contributed by atoms with Gasteiger partial charge in [-0.3, -0.25) is 14.5 Å². The summed E-state index contributed by atoms with van der Waals surface area (Å²) >= 11 is 1.61. The molecule has 1 aliphatic heterocycles. The van der Waals surface area contributed by atoms with E-state index in [2.05, 4.69) is 27.3 Å². The van der Waals surface area contributed by atoms with Crippen LogP contribution in [0.1, 0.15) is 10.6 Å². The van der Waals surface area contributed by atoms with Crippen LogP contribution in [0.3, 0.4) is 0 Å². The van der Waals surface area contributed by atoms with Gasteiger partial charge in [-0.2, -0.15) is 10.2 Å². The molecular weight excluding hydrogens is 410 g/mol. The minimum absolute atomic E-state index is 0.110. The summed E-state index contributed by atoms with van der Waals surface area (Å²) in [6.45, 7) is 1.16. The smallest absolute Gasteiger partial charge is 0.291 e. The van der Waals surface area contributed by atoms with Crippen molar-refractivity contribution >= 4 is 49.2 Å². The van der Waals surface area contributed by atoms with Crippen molar-refractivity contribution < 1.29 is 0 Å². The average Bonchev–Trinajstić information content (AvgIpc) is 3.53. The highest BCUT2D eigenvalue weighted by Gasteiger charge is 2.19. The third kappa shape index (κ3) is 2.84. The Morgan fingerprint density at radius 1 is 1.16 bits per heavy atom. The van der Waals surface area contributed by atoms with Crippen LogP contribution >= 0.6 is 11.3 Å². The van der Waals surface area contributed by atoms with Crippen molar-refractivity contribution in [3.05, 3.63) is 63.7 Å². The lowest BCUT2D eigenvalue weighted by Crippen LogP contribution is -2.24. The van der Waals surface area contributed by atoms with Crippen molar-refractivity contribution in [3.8, 4) is 0 Å². The lowest BCUT2D eigenvalue weighted by molar-refractivity contribution is 0.644. The van der Waals surface area contributed by atoms with E-state index < -0.39 is 0 Å². The van der Waals surface area contributed by atoms with Gasteiger partial charge in [0.25, 0.3) is 5.56 Å². The van der Waals surface area contributed by atoms with Gasteiger partial charge in [-0.15, -0.1) is 11.3 Å². The number of hydrogen-bond acceptors (Lipinski definition) is 6.